The van der Waals surface area contributed by atoms with Gasteiger partial charge < -0.3 is 0 Å². The first-order valence-electron chi connectivity index (χ1n) is 6.47. The summed E-state index contributed by atoms with van der Waals surface area (Å²) in [5, 5.41) is 13.6. The standard InChI is InChI=1S/C14H9N7S/c1-2-10(8-15-5-1)3-4-12-20-21-13(18-19-14(21)22-12)11-9-16-6-7-17-11/h1-9H. The second kappa shape index (κ2) is 5.41. The molecule has 0 bridgehead atoms. The van der Waals surface area contributed by atoms with E-state index < -0.39 is 0 Å². The van der Waals surface area contributed by atoms with Gasteiger partial charge in [-0.2, -0.15) is 9.61 Å². The molecule has 0 spiro atoms. The van der Waals surface area contributed by atoms with Crippen LogP contribution in [0.4, 0.5) is 0 Å². The summed E-state index contributed by atoms with van der Waals surface area (Å²) in [4.78, 5) is 13.1. The van der Waals surface area contributed by atoms with Crippen LogP contribution in [0.3, 0.4) is 0 Å². The monoisotopic (exact) mass is 307 g/mol. The van der Waals surface area contributed by atoms with E-state index in [4.69, 9.17) is 0 Å². The minimum atomic E-state index is 0.584. The fraction of sp³-hybridized carbons (Fsp3) is 0. The Bertz CT molecular complexity index is 928. The Balaban J connectivity index is 1.70. The summed E-state index contributed by atoms with van der Waals surface area (Å²) in [7, 11) is 0. The molecule has 0 unspecified atom stereocenters. The number of hydrogen-bond donors (Lipinski definition) is 0. The molecule has 0 amide bonds. The zero-order valence-corrected chi connectivity index (χ0v) is 12.1. The van der Waals surface area contributed by atoms with Crippen molar-refractivity contribution < 1.29 is 0 Å². The molecule has 7 nitrogen and oxygen atoms in total. The summed E-state index contributed by atoms with van der Waals surface area (Å²) in [6.07, 6.45) is 12.3. The molecular formula is C14H9N7S. The molecule has 22 heavy (non-hydrogen) atoms. The average Bonchev–Trinajstić information content (AvgIpc) is 3.15. The SMILES string of the molecule is C(=Cc1nn2c(-c3cnccn3)nnc2s1)c1cccnc1. The lowest BCUT2D eigenvalue weighted by molar-refractivity contribution is 0.948. The average molecular weight is 307 g/mol. The molecule has 4 aromatic heterocycles. The van der Waals surface area contributed by atoms with Crippen molar-refractivity contribution in [3.63, 3.8) is 0 Å². The topological polar surface area (TPSA) is 81.8 Å². The highest BCUT2D eigenvalue weighted by Gasteiger charge is 2.13. The molecular weight excluding hydrogens is 298 g/mol. The third-order valence-corrected chi connectivity index (χ3v) is 3.77. The minimum Gasteiger partial charge on any atom is -0.264 e. The smallest absolute Gasteiger partial charge is 0.235 e. The van der Waals surface area contributed by atoms with Crippen molar-refractivity contribution in [2.24, 2.45) is 0 Å². The van der Waals surface area contributed by atoms with Gasteiger partial charge in [-0.15, -0.1) is 10.2 Å². The Morgan fingerprint density at radius 2 is 1.95 bits per heavy atom. The molecule has 0 fully saturated rings. The van der Waals surface area contributed by atoms with Gasteiger partial charge >= 0.3 is 0 Å². The van der Waals surface area contributed by atoms with Crippen molar-refractivity contribution in [1.29, 1.82) is 0 Å². The second-order valence-electron chi connectivity index (χ2n) is 4.37. The summed E-state index contributed by atoms with van der Waals surface area (Å²) < 4.78 is 1.68. The molecule has 0 radical (unpaired) electrons. The predicted molar refractivity (Wildman–Crippen MR) is 82.9 cm³/mol. The van der Waals surface area contributed by atoms with Crippen molar-refractivity contribution in [1.82, 2.24) is 34.8 Å². The van der Waals surface area contributed by atoms with Crippen LogP contribution >= 0.6 is 11.3 Å². The van der Waals surface area contributed by atoms with Crippen LogP contribution in [0, 0.1) is 0 Å². The Labute approximate surface area is 129 Å². The largest absolute Gasteiger partial charge is 0.264 e. The third-order valence-electron chi connectivity index (χ3n) is 2.90. The van der Waals surface area contributed by atoms with Crippen LogP contribution in [0.5, 0.6) is 0 Å². The van der Waals surface area contributed by atoms with E-state index in [2.05, 4.69) is 30.2 Å². The number of aromatic nitrogens is 7. The number of fused-ring (bicyclic) bond motifs is 1. The molecule has 0 aliphatic rings. The molecule has 0 saturated heterocycles. The van der Waals surface area contributed by atoms with E-state index in [9.17, 15) is 0 Å². The van der Waals surface area contributed by atoms with E-state index in [-0.39, 0.29) is 0 Å². The van der Waals surface area contributed by atoms with E-state index in [1.807, 2.05) is 24.3 Å². The van der Waals surface area contributed by atoms with Gasteiger partial charge in [0.05, 0.1) is 6.20 Å². The molecule has 8 heteroatoms. The highest BCUT2D eigenvalue weighted by atomic mass is 32.1. The van der Waals surface area contributed by atoms with Gasteiger partial charge in [0.25, 0.3) is 0 Å². The predicted octanol–water partition coefficient (Wildman–Crippen LogP) is 2.21. The van der Waals surface area contributed by atoms with Crippen LogP contribution in [0.15, 0.2) is 43.1 Å². The second-order valence-corrected chi connectivity index (χ2v) is 5.36. The fourth-order valence-electron chi connectivity index (χ4n) is 1.92. The number of rotatable bonds is 3. The number of nitrogens with zero attached hydrogens (tertiary/aromatic N) is 7. The van der Waals surface area contributed by atoms with Crippen molar-refractivity contribution in [2.75, 3.05) is 0 Å². The maximum absolute atomic E-state index is 4.50. The van der Waals surface area contributed by atoms with E-state index in [1.165, 1.54) is 11.3 Å². The summed E-state index contributed by atoms with van der Waals surface area (Å²) in [5.41, 5.74) is 1.66. The normalized spacial score (nSPS) is 11.5. The number of pyridine rings is 1. The maximum atomic E-state index is 4.50. The Morgan fingerprint density at radius 3 is 2.77 bits per heavy atom. The van der Waals surface area contributed by atoms with E-state index in [0.717, 1.165) is 10.6 Å². The van der Waals surface area contributed by atoms with Crippen molar-refractivity contribution in [3.05, 3.63) is 53.7 Å². The first kappa shape index (κ1) is 12.7. The molecule has 0 aromatic carbocycles. The molecule has 4 heterocycles. The zero-order valence-electron chi connectivity index (χ0n) is 11.2. The summed E-state index contributed by atoms with van der Waals surface area (Å²) >= 11 is 1.45. The van der Waals surface area contributed by atoms with Gasteiger partial charge in [0.15, 0.2) is 0 Å². The molecule has 4 aromatic rings. The van der Waals surface area contributed by atoms with Crippen molar-refractivity contribution in [2.45, 2.75) is 0 Å². The molecule has 0 saturated carbocycles. The van der Waals surface area contributed by atoms with E-state index in [1.54, 1.807) is 35.5 Å². The van der Waals surface area contributed by atoms with E-state index >= 15 is 0 Å². The Kier molecular flexibility index (Phi) is 3.13. The van der Waals surface area contributed by atoms with Gasteiger partial charge in [-0.05, 0) is 17.7 Å². The third kappa shape index (κ3) is 2.35. The first-order chi connectivity index (χ1) is 10.9. The van der Waals surface area contributed by atoms with Crippen LogP contribution in [0.2, 0.25) is 0 Å². The van der Waals surface area contributed by atoms with Gasteiger partial charge in [0.1, 0.15) is 10.7 Å². The molecule has 0 aliphatic carbocycles. The zero-order chi connectivity index (χ0) is 14.8. The van der Waals surface area contributed by atoms with Crippen LogP contribution < -0.4 is 0 Å². The Hall–Kier alpha value is -3.00. The number of hydrogen-bond acceptors (Lipinski definition) is 7. The molecule has 0 aliphatic heterocycles. The van der Waals surface area contributed by atoms with Gasteiger partial charge in [0.2, 0.25) is 10.8 Å². The van der Waals surface area contributed by atoms with Crippen LogP contribution in [0.1, 0.15) is 10.6 Å². The van der Waals surface area contributed by atoms with Crippen molar-refractivity contribution in [3.8, 4) is 11.5 Å². The minimum absolute atomic E-state index is 0.584. The van der Waals surface area contributed by atoms with Crippen LogP contribution in [-0.4, -0.2) is 34.8 Å². The van der Waals surface area contributed by atoms with Crippen LogP contribution in [-0.2, 0) is 0 Å². The quantitative estimate of drug-likeness (QED) is 0.577. The molecule has 0 atom stereocenters. The van der Waals surface area contributed by atoms with Gasteiger partial charge in [-0.25, -0.2) is 4.98 Å². The van der Waals surface area contributed by atoms with Gasteiger partial charge in [-0.3, -0.25) is 9.97 Å². The maximum Gasteiger partial charge on any atom is 0.235 e. The van der Waals surface area contributed by atoms with Gasteiger partial charge in [-0.1, -0.05) is 23.5 Å². The lowest BCUT2D eigenvalue weighted by Gasteiger charge is -1.93. The van der Waals surface area contributed by atoms with Crippen molar-refractivity contribution >= 4 is 28.4 Å². The summed E-state index contributed by atoms with van der Waals surface area (Å²) in [6.45, 7) is 0. The highest BCUT2D eigenvalue weighted by molar-refractivity contribution is 7.17. The lowest BCUT2D eigenvalue weighted by atomic mass is 10.3. The lowest BCUT2D eigenvalue weighted by Crippen LogP contribution is -1.93. The fourth-order valence-corrected chi connectivity index (χ4v) is 2.66. The summed E-state index contributed by atoms with van der Waals surface area (Å²) in [5.74, 6) is 0.584. The Morgan fingerprint density at radius 1 is 1.00 bits per heavy atom. The van der Waals surface area contributed by atoms with Crippen LogP contribution in [0.25, 0.3) is 28.6 Å². The molecule has 0 N–H and O–H groups in total. The van der Waals surface area contributed by atoms with E-state index in [0.29, 0.717) is 16.5 Å². The highest BCUT2D eigenvalue weighted by Crippen LogP contribution is 2.20. The first-order valence-corrected chi connectivity index (χ1v) is 7.28. The summed E-state index contributed by atoms with van der Waals surface area (Å²) in [6, 6.07) is 3.87. The molecule has 106 valence electrons. The molecule has 4 rings (SSSR count). The van der Waals surface area contributed by atoms with Gasteiger partial charge in [0, 0.05) is 24.8 Å².